The molecule has 0 saturated carbocycles. The van der Waals surface area contributed by atoms with Crippen molar-refractivity contribution in [2.24, 2.45) is 10.8 Å². The van der Waals surface area contributed by atoms with Crippen LogP contribution in [-0.4, -0.2) is 15.8 Å². The van der Waals surface area contributed by atoms with Gasteiger partial charge in [0.2, 0.25) is 0 Å². The second-order valence-electron chi connectivity index (χ2n) is 39.2. The molecule has 17 rings (SSSR count). The van der Waals surface area contributed by atoms with Crippen molar-refractivity contribution in [2.75, 3.05) is 9.80 Å². The van der Waals surface area contributed by atoms with Gasteiger partial charge in [-0.1, -0.05) is 327 Å². The van der Waals surface area contributed by atoms with E-state index in [0.717, 1.165) is 123 Å². The van der Waals surface area contributed by atoms with Gasteiger partial charge in [-0.25, -0.2) is 0 Å². The van der Waals surface area contributed by atoms with Crippen LogP contribution in [0.5, 0.6) is 0 Å². The highest BCUT2D eigenvalue weighted by Gasteiger charge is 2.47. The number of benzene rings is 13. The lowest BCUT2D eigenvalue weighted by atomic mass is 9.33. The Morgan fingerprint density at radius 3 is 0.823 bits per heavy atom. The molecule has 13 aromatic carbocycles. The minimum absolute atomic E-state index is 0.0407. The molecule has 5 heteroatoms. The second-order valence-corrected chi connectivity index (χ2v) is 39.2. The van der Waals surface area contributed by atoms with Crippen molar-refractivity contribution in [1.82, 2.24) is 9.13 Å². The molecule has 2 aliphatic rings. The van der Waals surface area contributed by atoms with Gasteiger partial charge in [-0.3, -0.25) is 0 Å². The molecule has 0 atom stereocenters. The largest absolute Gasteiger partial charge is 0.310 e. The molecule has 0 N–H and O–H groups in total. The maximum Gasteiger partial charge on any atom is 0.252 e. The Morgan fingerprint density at radius 1 is 0.283 bits per heavy atom. The Bertz CT molecular complexity index is 6590. The zero-order valence-electron chi connectivity index (χ0n) is 85.4. The first-order valence-electron chi connectivity index (χ1n) is 47.9. The number of para-hydroxylation sites is 4. The second kappa shape index (κ2) is 26.9. The lowest BCUT2D eigenvalue weighted by Crippen LogP contribution is -2.61. The van der Waals surface area contributed by atoms with Crippen LogP contribution < -0.4 is 26.2 Å². The Hall–Kier alpha value is -10.9. The molecule has 0 bridgehead atoms. The lowest BCUT2D eigenvalue weighted by molar-refractivity contribution is 0.411. The quantitative estimate of drug-likeness (QED) is 0.127. The van der Waals surface area contributed by atoms with Gasteiger partial charge < -0.3 is 18.9 Å². The normalized spacial score (nSPS) is 15.5. The van der Waals surface area contributed by atoms with Crippen LogP contribution in [0.1, 0.15) is 206 Å². The molecular weight excluding hydrogens is 1360 g/mol. The van der Waals surface area contributed by atoms with Crippen LogP contribution in [0, 0.1) is 10.8 Å². The van der Waals surface area contributed by atoms with Gasteiger partial charge in [0.25, 0.3) is 6.71 Å². The number of rotatable bonds is 10. The average Bonchev–Trinajstić information content (AvgIpc) is 1.54. The highest BCUT2D eigenvalue weighted by atomic mass is 15.2. The van der Waals surface area contributed by atoms with Crippen LogP contribution in [-0.2, 0) is 39.9 Å². The van der Waals surface area contributed by atoms with E-state index in [9.17, 15) is 21.9 Å². The Kier molecular flexibility index (Phi) is 13.8. The van der Waals surface area contributed by atoms with Gasteiger partial charge in [-0.2, -0.15) is 0 Å². The molecule has 2 aliphatic heterocycles. The topological polar surface area (TPSA) is 16.3 Å². The maximum atomic E-state index is 10.0. The van der Waals surface area contributed by atoms with Crippen LogP contribution in [0.15, 0.2) is 267 Å². The minimum atomic E-state index is -0.786. The van der Waals surface area contributed by atoms with Crippen molar-refractivity contribution in [1.29, 1.82) is 0 Å². The summed E-state index contributed by atoms with van der Waals surface area (Å²) in [4.78, 5) is 4.84. The third-order valence-corrected chi connectivity index (χ3v) is 22.9. The Balaban J connectivity index is 1.15. The summed E-state index contributed by atoms with van der Waals surface area (Å²) in [7, 11) is 0. The Labute approximate surface area is 695 Å². The first-order valence-corrected chi connectivity index (χ1v) is 39.9. The molecule has 0 unspecified atom stereocenters. The average molecular weight is 1490 g/mol. The van der Waals surface area contributed by atoms with Gasteiger partial charge in [-0.15, -0.1) is 0 Å². The molecule has 566 valence electrons. The van der Waals surface area contributed by atoms with Gasteiger partial charge in [0.05, 0.1) is 55.4 Å². The molecule has 4 nitrogen and oxygen atoms in total. The summed E-state index contributed by atoms with van der Waals surface area (Å²) in [6, 6.07) is 53.5. The summed E-state index contributed by atoms with van der Waals surface area (Å²) in [5.41, 5.74) is 19.7. The van der Waals surface area contributed by atoms with E-state index in [-0.39, 0.29) is 76.1 Å². The van der Waals surface area contributed by atoms with Gasteiger partial charge in [0.15, 0.2) is 0 Å². The molecule has 0 amide bonds. The zero-order chi connectivity index (χ0) is 93.5. The fourth-order valence-electron chi connectivity index (χ4n) is 17.3. The van der Waals surface area contributed by atoms with E-state index in [1.54, 1.807) is 9.13 Å². The van der Waals surface area contributed by atoms with Crippen molar-refractivity contribution < 1.29 is 21.9 Å². The van der Waals surface area contributed by atoms with Crippen LogP contribution in [0.3, 0.4) is 0 Å². The molecule has 0 saturated heterocycles. The molecule has 113 heavy (non-hydrogen) atoms. The molecule has 0 aliphatic carbocycles. The number of hydrogen-bond acceptors (Lipinski definition) is 2. The fraction of sp³-hybridized carbons (Fsp3) is 0.278. The summed E-state index contributed by atoms with van der Waals surface area (Å²) in [5, 5.41) is -0.256. The first-order chi connectivity index (χ1) is 60.1. The fourth-order valence-corrected chi connectivity index (χ4v) is 17.3. The van der Waals surface area contributed by atoms with Crippen molar-refractivity contribution in [2.45, 2.75) is 185 Å². The zero-order valence-corrected chi connectivity index (χ0v) is 69.4. The van der Waals surface area contributed by atoms with Gasteiger partial charge in [-0.05, 0) is 213 Å². The summed E-state index contributed by atoms with van der Waals surface area (Å²) < 4.78 is 157. The van der Waals surface area contributed by atoms with Crippen LogP contribution >= 0.6 is 0 Å². The monoisotopic (exact) mass is 1490 g/mol. The van der Waals surface area contributed by atoms with Crippen LogP contribution in [0.4, 0.5) is 34.1 Å². The van der Waals surface area contributed by atoms with E-state index in [1.165, 1.54) is 0 Å². The summed E-state index contributed by atoms with van der Waals surface area (Å²) in [5.74, 6) is 0. The molecule has 15 aromatic rings. The minimum Gasteiger partial charge on any atom is -0.310 e. The van der Waals surface area contributed by atoms with Gasteiger partial charge in [0.1, 0.15) is 0 Å². The van der Waals surface area contributed by atoms with E-state index >= 15 is 0 Å². The van der Waals surface area contributed by atoms with E-state index in [4.69, 9.17) is 0 Å². The van der Waals surface area contributed by atoms with E-state index in [2.05, 4.69) is 301 Å². The summed E-state index contributed by atoms with van der Waals surface area (Å²) in [6.45, 7) is 46.2. The number of fused-ring (bicyclic) bond motifs is 10. The van der Waals surface area contributed by atoms with Crippen molar-refractivity contribution >= 4 is 101 Å². The van der Waals surface area contributed by atoms with Crippen LogP contribution in [0.25, 0.3) is 99.5 Å². The summed E-state index contributed by atoms with van der Waals surface area (Å²) >= 11 is 0. The summed E-state index contributed by atoms with van der Waals surface area (Å²) in [6.07, 6.45) is 1.36. The maximum absolute atomic E-state index is 10.0. The number of anilines is 6. The van der Waals surface area contributed by atoms with Gasteiger partial charge >= 0.3 is 0 Å². The van der Waals surface area contributed by atoms with E-state index in [0.29, 0.717) is 35.6 Å². The van der Waals surface area contributed by atoms with E-state index < -0.39 is 109 Å². The van der Waals surface area contributed by atoms with E-state index in [1.807, 2.05) is 24.3 Å². The molecule has 0 radical (unpaired) electrons. The number of hydrogen-bond donors (Lipinski definition) is 0. The van der Waals surface area contributed by atoms with Crippen molar-refractivity contribution in [3.63, 3.8) is 0 Å². The number of aromatic nitrogens is 2. The molecule has 0 spiro atoms. The van der Waals surface area contributed by atoms with Gasteiger partial charge in [0, 0.05) is 77.9 Å². The molecule has 0 fully saturated rings. The smallest absolute Gasteiger partial charge is 0.252 e. The highest BCUT2D eigenvalue weighted by molar-refractivity contribution is 7.00. The third-order valence-electron chi connectivity index (χ3n) is 22.9. The highest BCUT2D eigenvalue weighted by Crippen LogP contribution is 2.56. The first kappa shape index (κ1) is 58.1. The molecule has 2 aromatic heterocycles. The lowest BCUT2D eigenvalue weighted by Gasteiger charge is -2.46. The molecular formula is C108H111BN4. The van der Waals surface area contributed by atoms with Crippen molar-refractivity contribution in [3.05, 3.63) is 305 Å². The standard InChI is InChI=1S/C108H111BN4/c1-102(2,3)66-68-54-85(70-34-30-38-74(58-70)104(7,8)9)100(86(55-68)71-35-31-39-75(59-71)105(10,11)12)112-95-64-79(110-91-46-26-22-42-81(91)82-43-23-27-47-92(82)110)50-52-89(95)109-90-53-51-80(111-93-48-28-24-44-83(93)84-45-25-29-49-94(84)111)65-96(90)113(98-63-78(108(19,20)21)62-97(112)99(98)109)101-87(72-36-32-40-76(60-72)106(13,14)15)56-69(67-103(4,5)6)57-88(101)73-37-33-41-77(61-73)107(16,17)18/h22-65H,66-67H2,1-21H3/i22D,23D,24D,25D,26D,27D,28D,29D,42D,43D,44D,45D,46D,47D,48D,49D. The Morgan fingerprint density at radius 2 is 0.558 bits per heavy atom. The van der Waals surface area contributed by atoms with Crippen molar-refractivity contribution in [3.8, 4) is 55.9 Å². The molecule has 4 heterocycles. The predicted octanol–water partition coefficient (Wildman–Crippen LogP) is 28.3. The van der Waals surface area contributed by atoms with Crippen LogP contribution in [0.2, 0.25) is 0 Å². The third kappa shape index (κ3) is 13.5. The number of nitrogens with zero attached hydrogens (tertiary/aromatic N) is 4. The SMILES string of the molecule is [2H]c1c([2H])c([2H])c2c(c1[2H])c1c([2H])c([2H])c([2H])c([2H])c1n2-c1ccc2c(c1)N(c1c(-c3cccc(C(C)(C)C)c3)cc(CC(C)(C)C)cc1-c1cccc(C(C)(C)C)c1)c1cc(C(C)(C)C)cc3c1B2c1ccc(-n2c4c([2H])c([2H])c([2H])c([2H])c4c4c([2H])c([2H])c([2H])c([2H])c42)cc1N3c1c(-c2cccc(C(C)(C)C)c2)cc(CC(C)(C)C)cc1-c1cccc(C(C)(C)C)c1. The predicted molar refractivity (Wildman–Crippen MR) is 491 cm³/mol.